The van der Waals surface area contributed by atoms with Crippen molar-refractivity contribution in [2.75, 3.05) is 4.90 Å². The van der Waals surface area contributed by atoms with E-state index in [-0.39, 0.29) is 0 Å². The van der Waals surface area contributed by atoms with Crippen molar-refractivity contribution in [2.24, 2.45) is 0 Å². The molecule has 36 heavy (non-hydrogen) atoms. The number of benzene rings is 5. The lowest BCUT2D eigenvalue weighted by Crippen LogP contribution is -2.10. The second-order valence-corrected chi connectivity index (χ2v) is 9.30. The summed E-state index contributed by atoms with van der Waals surface area (Å²) in [6.07, 6.45) is 6.49. The van der Waals surface area contributed by atoms with Gasteiger partial charge in [-0.2, -0.15) is 0 Å². The van der Waals surface area contributed by atoms with Crippen LogP contribution in [0, 0.1) is 13.8 Å². The Hall–Kier alpha value is -4.36. The molecule has 5 aromatic carbocycles. The van der Waals surface area contributed by atoms with Crippen LogP contribution in [0.4, 0.5) is 17.1 Å². The Balaban J connectivity index is 1.62. The summed E-state index contributed by atoms with van der Waals surface area (Å²) in [4.78, 5) is 2.36. The topological polar surface area (TPSA) is 3.24 Å². The molecule has 0 fully saturated rings. The van der Waals surface area contributed by atoms with Gasteiger partial charge >= 0.3 is 0 Å². The fourth-order valence-electron chi connectivity index (χ4n) is 4.59. The van der Waals surface area contributed by atoms with Gasteiger partial charge in [0.1, 0.15) is 0 Å². The SMILES string of the molecule is C/C(=C/C=C/c1ccccc1)c1ccc(N(c2ccc(C)cc2)c2ccc(C)cc2)c2ccccc12. The van der Waals surface area contributed by atoms with Crippen LogP contribution >= 0.6 is 0 Å². The summed E-state index contributed by atoms with van der Waals surface area (Å²) in [7, 11) is 0. The smallest absolute Gasteiger partial charge is 0.0540 e. The van der Waals surface area contributed by atoms with Gasteiger partial charge in [0.25, 0.3) is 0 Å². The largest absolute Gasteiger partial charge is 0.310 e. The van der Waals surface area contributed by atoms with Crippen molar-refractivity contribution in [3.05, 3.63) is 150 Å². The maximum absolute atomic E-state index is 2.36. The van der Waals surface area contributed by atoms with Crippen LogP contribution in [0.1, 0.15) is 29.2 Å². The van der Waals surface area contributed by atoms with Crippen LogP contribution in [0.2, 0.25) is 0 Å². The van der Waals surface area contributed by atoms with Crippen LogP contribution in [-0.4, -0.2) is 0 Å². The number of hydrogen-bond acceptors (Lipinski definition) is 1. The highest BCUT2D eigenvalue weighted by Gasteiger charge is 2.16. The first kappa shape index (κ1) is 23.4. The van der Waals surface area contributed by atoms with Crippen molar-refractivity contribution in [3.8, 4) is 0 Å². The third-order valence-corrected chi connectivity index (χ3v) is 6.59. The molecule has 0 spiro atoms. The summed E-state index contributed by atoms with van der Waals surface area (Å²) in [5.41, 5.74) is 9.69. The minimum Gasteiger partial charge on any atom is -0.310 e. The number of fused-ring (bicyclic) bond motifs is 1. The highest BCUT2D eigenvalue weighted by molar-refractivity contribution is 6.04. The zero-order chi connectivity index (χ0) is 24.9. The van der Waals surface area contributed by atoms with Crippen molar-refractivity contribution in [2.45, 2.75) is 20.8 Å². The molecule has 1 nitrogen and oxygen atoms in total. The molecule has 0 bridgehead atoms. The molecule has 0 heterocycles. The summed E-state index contributed by atoms with van der Waals surface area (Å²) in [5.74, 6) is 0. The van der Waals surface area contributed by atoms with E-state index in [2.05, 4.69) is 153 Å². The second-order valence-electron chi connectivity index (χ2n) is 9.30. The third kappa shape index (κ3) is 5.01. The van der Waals surface area contributed by atoms with Gasteiger partial charge in [0.05, 0.1) is 5.69 Å². The number of hydrogen-bond donors (Lipinski definition) is 0. The lowest BCUT2D eigenvalue weighted by Gasteiger charge is -2.27. The standard InChI is InChI=1S/C35H31N/c1-26-16-20-30(21-17-26)36(31-22-18-27(2)19-23-31)35-25-24-32(33-14-7-8-15-34(33)35)28(3)10-9-13-29-11-5-4-6-12-29/h4-25H,1-3H3/b13-9+,28-10-. The van der Waals surface area contributed by atoms with E-state index in [9.17, 15) is 0 Å². The Labute approximate surface area is 214 Å². The molecule has 0 unspecified atom stereocenters. The maximum atomic E-state index is 2.36. The van der Waals surface area contributed by atoms with Gasteiger partial charge in [0.2, 0.25) is 0 Å². The number of rotatable bonds is 6. The van der Waals surface area contributed by atoms with Gasteiger partial charge in [-0.15, -0.1) is 0 Å². The predicted molar refractivity (Wildman–Crippen MR) is 157 cm³/mol. The van der Waals surface area contributed by atoms with Crippen LogP contribution < -0.4 is 4.90 Å². The Morgan fingerprint density at radius 3 is 1.75 bits per heavy atom. The Bertz CT molecular complexity index is 1480. The first-order valence-corrected chi connectivity index (χ1v) is 12.5. The highest BCUT2D eigenvalue weighted by atomic mass is 15.1. The van der Waals surface area contributed by atoms with Crippen molar-refractivity contribution < 1.29 is 0 Å². The summed E-state index contributed by atoms with van der Waals surface area (Å²) in [6.45, 7) is 6.45. The molecular formula is C35H31N. The van der Waals surface area contributed by atoms with Crippen molar-refractivity contribution in [3.63, 3.8) is 0 Å². The molecule has 0 aromatic heterocycles. The zero-order valence-electron chi connectivity index (χ0n) is 21.1. The second kappa shape index (κ2) is 10.5. The highest BCUT2D eigenvalue weighted by Crippen LogP contribution is 2.40. The molecule has 0 saturated carbocycles. The normalized spacial score (nSPS) is 11.8. The van der Waals surface area contributed by atoms with E-state index in [4.69, 9.17) is 0 Å². The molecule has 176 valence electrons. The van der Waals surface area contributed by atoms with Gasteiger partial charge in [-0.05, 0) is 73.2 Å². The van der Waals surface area contributed by atoms with Gasteiger partial charge in [-0.3, -0.25) is 0 Å². The van der Waals surface area contributed by atoms with Gasteiger partial charge in [-0.25, -0.2) is 0 Å². The predicted octanol–water partition coefficient (Wildman–Crippen LogP) is 10.0. The van der Waals surface area contributed by atoms with Gasteiger partial charge in [0.15, 0.2) is 0 Å². The fourth-order valence-corrected chi connectivity index (χ4v) is 4.59. The number of aryl methyl sites for hydroxylation is 2. The van der Waals surface area contributed by atoms with E-state index in [1.54, 1.807) is 0 Å². The van der Waals surface area contributed by atoms with Crippen LogP contribution in [0.5, 0.6) is 0 Å². The first-order valence-electron chi connectivity index (χ1n) is 12.5. The van der Waals surface area contributed by atoms with Crippen molar-refractivity contribution >= 4 is 39.5 Å². The number of anilines is 3. The number of nitrogens with zero attached hydrogens (tertiary/aromatic N) is 1. The Kier molecular flexibility index (Phi) is 6.82. The van der Waals surface area contributed by atoms with E-state index in [0.717, 1.165) is 11.4 Å². The monoisotopic (exact) mass is 465 g/mol. The maximum Gasteiger partial charge on any atom is 0.0540 e. The molecule has 0 aliphatic rings. The van der Waals surface area contributed by atoms with E-state index < -0.39 is 0 Å². The summed E-state index contributed by atoms with van der Waals surface area (Å²) < 4.78 is 0. The Morgan fingerprint density at radius 2 is 1.14 bits per heavy atom. The summed E-state index contributed by atoms with van der Waals surface area (Å²) >= 11 is 0. The molecule has 0 aliphatic heterocycles. The van der Waals surface area contributed by atoms with E-state index in [1.165, 1.54) is 44.3 Å². The first-order chi connectivity index (χ1) is 17.6. The van der Waals surface area contributed by atoms with Crippen LogP contribution in [0.25, 0.3) is 22.4 Å². The zero-order valence-corrected chi connectivity index (χ0v) is 21.1. The lowest BCUT2D eigenvalue weighted by atomic mass is 9.96. The Morgan fingerprint density at radius 1 is 0.583 bits per heavy atom. The quantitative estimate of drug-likeness (QED) is 0.225. The third-order valence-electron chi connectivity index (χ3n) is 6.59. The van der Waals surface area contributed by atoms with Gasteiger partial charge < -0.3 is 4.90 Å². The molecule has 0 radical (unpaired) electrons. The van der Waals surface area contributed by atoms with Crippen molar-refractivity contribution in [1.29, 1.82) is 0 Å². The lowest BCUT2D eigenvalue weighted by molar-refractivity contribution is 1.28. The molecule has 0 amide bonds. The molecule has 5 aromatic rings. The molecular weight excluding hydrogens is 434 g/mol. The van der Waals surface area contributed by atoms with E-state index in [1.807, 2.05) is 6.07 Å². The van der Waals surface area contributed by atoms with Crippen LogP contribution in [-0.2, 0) is 0 Å². The van der Waals surface area contributed by atoms with Gasteiger partial charge in [-0.1, -0.05) is 114 Å². The molecule has 0 atom stereocenters. The van der Waals surface area contributed by atoms with E-state index in [0.29, 0.717) is 0 Å². The molecule has 5 rings (SSSR count). The summed E-state index contributed by atoms with van der Waals surface area (Å²) in [6, 6.07) is 41.2. The minimum absolute atomic E-state index is 1.15. The van der Waals surface area contributed by atoms with Gasteiger partial charge in [0, 0.05) is 16.8 Å². The average molecular weight is 466 g/mol. The van der Waals surface area contributed by atoms with Crippen molar-refractivity contribution in [1.82, 2.24) is 0 Å². The van der Waals surface area contributed by atoms with E-state index >= 15 is 0 Å². The summed E-state index contributed by atoms with van der Waals surface area (Å²) in [5, 5.41) is 2.48. The minimum atomic E-state index is 1.15. The van der Waals surface area contributed by atoms with Crippen LogP contribution in [0.15, 0.2) is 127 Å². The number of allylic oxidation sites excluding steroid dienone is 3. The molecule has 0 saturated heterocycles. The molecule has 0 N–H and O–H groups in total. The van der Waals surface area contributed by atoms with Crippen LogP contribution in [0.3, 0.4) is 0 Å². The molecule has 1 heteroatoms. The fraction of sp³-hybridized carbons (Fsp3) is 0.0857. The average Bonchev–Trinajstić information content (AvgIpc) is 2.91. The molecule has 0 aliphatic carbocycles.